The Kier molecular flexibility index (Phi) is 3.42. The first kappa shape index (κ1) is 12.4. The number of ether oxygens (including phenoxy) is 1. The predicted molar refractivity (Wildman–Crippen MR) is 57.6 cm³/mol. The van der Waals surface area contributed by atoms with Gasteiger partial charge in [-0.15, -0.1) is 0 Å². The van der Waals surface area contributed by atoms with Crippen LogP contribution >= 0.6 is 0 Å². The van der Waals surface area contributed by atoms with Gasteiger partial charge in [0.2, 0.25) is 0 Å². The summed E-state index contributed by atoms with van der Waals surface area (Å²) in [7, 11) is 0. The second-order valence-corrected chi connectivity index (χ2v) is 4.40. The Bertz CT molecular complexity index is 413. The minimum absolute atomic E-state index is 0.105. The molecule has 0 amide bonds. The number of nitrogens with zero attached hydrogens (tertiary/aromatic N) is 1. The molecule has 17 heavy (non-hydrogen) atoms. The minimum atomic E-state index is -0.901. The largest absolute Gasteiger partial charge is 0.370 e. The lowest BCUT2D eigenvalue weighted by atomic mass is 10.00. The van der Waals surface area contributed by atoms with Crippen molar-refractivity contribution in [3.05, 3.63) is 35.4 Å². The molecule has 0 spiro atoms. The Labute approximate surface area is 98.6 Å². The number of rotatable bonds is 1. The molecule has 0 unspecified atom stereocenters. The summed E-state index contributed by atoms with van der Waals surface area (Å²) in [5.74, 6) is -1.78. The fourth-order valence-electron chi connectivity index (χ4n) is 2.06. The van der Waals surface area contributed by atoms with Crippen LogP contribution in [-0.4, -0.2) is 29.0 Å². The first-order valence-electron chi connectivity index (χ1n) is 5.54. The molecule has 1 N–H and O–H groups in total. The van der Waals surface area contributed by atoms with Crippen LogP contribution in [0.15, 0.2) is 18.2 Å². The molecule has 1 fully saturated rings. The maximum atomic E-state index is 13.1. The summed E-state index contributed by atoms with van der Waals surface area (Å²) < 4.78 is 31.5. The Morgan fingerprint density at radius 1 is 1.29 bits per heavy atom. The first-order chi connectivity index (χ1) is 8.00. The van der Waals surface area contributed by atoms with Gasteiger partial charge in [-0.1, -0.05) is 6.07 Å². The summed E-state index contributed by atoms with van der Waals surface area (Å²) >= 11 is 0. The molecule has 1 aromatic carbocycles. The van der Waals surface area contributed by atoms with Crippen molar-refractivity contribution in [1.82, 2.24) is 5.06 Å². The summed E-state index contributed by atoms with van der Waals surface area (Å²) in [6.07, 6.45) is -0.453. The summed E-state index contributed by atoms with van der Waals surface area (Å²) in [6.45, 7) is 3.96. The number of hydrogen-bond acceptors (Lipinski definition) is 3. The van der Waals surface area contributed by atoms with E-state index in [1.807, 2.05) is 6.92 Å². The number of halogens is 2. The standard InChI is InChI=1S/C12H15F2NO2/c1-7-6-17-12(8(2)15(7)16)9-3-4-10(13)11(14)5-9/h3-5,7-8,12,16H,6H2,1-2H3/t7-,8+,12-/m1/s1. The van der Waals surface area contributed by atoms with E-state index in [4.69, 9.17) is 4.74 Å². The maximum Gasteiger partial charge on any atom is 0.159 e. The zero-order valence-electron chi connectivity index (χ0n) is 9.73. The lowest BCUT2D eigenvalue weighted by molar-refractivity contribution is -0.233. The highest BCUT2D eigenvalue weighted by Gasteiger charge is 2.33. The monoisotopic (exact) mass is 243 g/mol. The second-order valence-electron chi connectivity index (χ2n) is 4.40. The van der Waals surface area contributed by atoms with E-state index in [0.717, 1.165) is 12.1 Å². The Hall–Kier alpha value is -1.04. The van der Waals surface area contributed by atoms with Crippen molar-refractivity contribution in [2.45, 2.75) is 32.0 Å². The van der Waals surface area contributed by atoms with Crippen LogP contribution in [0.4, 0.5) is 8.78 Å². The molecule has 3 atom stereocenters. The lowest BCUT2D eigenvalue weighted by Gasteiger charge is -2.39. The fraction of sp³-hybridized carbons (Fsp3) is 0.500. The van der Waals surface area contributed by atoms with Gasteiger partial charge in [0.25, 0.3) is 0 Å². The molecule has 5 heteroatoms. The number of hydroxylamine groups is 2. The number of morpholine rings is 1. The average molecular weight is 243 g/mol. The van der Waals surface area contributed by atoms with Crippen molar-refractivity contribution in [2.24, 2.45) is 0 Å². The number of hydrogen-bond donors (Lipinski definition) is 1. The van der Waals surface area contributed by atoms with Gasteiger partial charge in [0.05, 0.1) is 18.7 Å². The predicted octanol–water partition coefficient (Wildman–Crippen LogP) is 2.50. The van der Waals surface area contributed by atoms with E-state index in [0.29, 0.717) is 12.2 Å². The molecule has 94 valence electrons. The summed E-state index contributed by atoms with van der Waals surface area (Å²) in [5, 5.41) is 11.0. The van der Waals surface area contributed by atoms with E-state index < -0.39 is 17.7 Å². The Morgan fingerprint density at radius 3 is 2.65 bits per heavy atom. The molecule has 0 aromatic heterocycles. The molecule has 3 nitrogen and oxygen atoms in total. The van der Waals surface area contributed by atoms with E-state index in [1.54, 1.807) is 6.92 Å². The van der Waals surface area contributed by atoms with Crippen LogP contribution in [0.5, 0.6) is 0 Å². The van der Waals surface area contributed by atoms with Gasteiger partial charge in [0, 0.05) is 0 Å². The Morgan fingerprint density at radius 2 is 2.00 bits per heavy atom. The molecule has 1 aliphatic rings. The van der Waals surface area contributed by atoms with Gasteiger partial charge in [0.1, 0.15) is 6.10 Å². The van der Waals surface area contributed by atoms with Crippen LogP contribution in [0.25, 0.3) is 0 Å². The third-order valence-corrected chi connectivity index (χ3v) is 3.10. The van der Waals surface area contributed by atoms with Crippen molar-refractivity contribution in [2.75, 3.05) is 6.61 Å². The fourth-order valence-corrected chi connectivity index (χ4v) is 2.06. The van der Waals surface area contributed by atoms with Gasteiger partial charge in [-0.25, -0.2) is 8.78 Å². The van der Waals surface area contributed by atoms with Gasteiger partial charge < -0.3 is 9.94 Å². The number of benzene rings is 1. The van der Waals surface area contributed by atoms with Crippen LogP contribution in [0.1, 0.15) is 25.5 Å². The molecule has 0 bridgehead atoms. The van der Waals surface area contributed by atoms with Crippen LogP contribution in [0, 0.1) is 11.6 Å². The highest BCUT2D eigenvalue weighted by Crippen LogP contribution is 2.30. The SMILES string of the molecule is C[C@@H]1CO[C@@H](c2ccc(F)c(F)c2)[C@H](C)N1O. The van der Waals surface area contributed by atoms with E-state index >= 15 is 0 Å². The molecule has 0 saturated carbocycles. The zero-order chi connectivity index (χ0) is 12.6. The highest BCUT2D eigenvalue weighted by molar-refractivity contribution is 5.21. The van der Waals surface area contributed by atoms with Crippen LogP contribution in [0.3, 0.4) is 0 Å². The van der Waals surface area contributed by atoms with Crippen molar-refractivity contribution in [3.8, 4) is 0 Å². The van der Waals surface area contributed by atoms with Crippen molar-refractivity contribution in [3.63, 3.8) is 0 Å². The van der Waals surface area contributed by atoms with Crippen LogP contribution in [0.2, 0.25) is 0 Å². The molecular formula is C12H15F2NO2. The van der Waals surface area contributed by atoms with Crippen molar-refractivity contribution < 1.29 is 18.7 Å². The van der Waals surface area contributed by atoms with E-state index in [1.165, 1.54) is 11.1 Å². The Balaban J connectivity index is 2.24. The normalized spacial score (nSPS) is 30.5. The molecule has 1 heterocycles. The third-order valence-electron chi connectivity index (χ3n) is 3.10. The minimum Gasteiger partial charge on any atom is -0.370 e. The third kappa shape index (κ3) is 2.31. The van der Waals surface area contributed by atoms with E-state index in [-0.39, 0.29) is 12.1 Å². The molecule has 1 aliphatic heterocycles. The zero-order valence-corrected chi connectivity index (χ0v) is 9.73. The second kappa shape index (κ2) is 4.68. The molecule has 0 radical (unpaired) electrons. The summed E-state index contributed by atoms with van der Waals surface area (Å²) in [5.41, 5.74) is 0.530. The quantitative estimate of drug-likeness (QED) is 0.822. The van der Waals surface area contributed by atoms with E-state index in [9.17, 15) is 14.0 Å². The van der Waals surface area contributed by atoms with Gasteiger partial charge in [-0.2, -0.15) is 5.06 Å². The molecule has 1 saturated heterocycles. The lowest BCUT2D eigenvalue weighted by Crippen LogP contribution is -2.48. The average Bonchev–Trinajstić information content (AvgIpc) is 2.30. The van der Waals surface area contributed by atoms with Crippen LogP contribution < -0.4 is 0 Å². The van der Waals surface area contributed by atoms with Gasteiger partial charge >= 0.3 is 0 Å². The highest BCUT2D eigenvalue weighted by atomic mass is 19.2. The summed E-state index contributed by atoms with van der Waals surface area (Å²) in [6, 6.07) is 3.25. The van der Waals surface area contributed by atoms with E-state index in [2.05, 4.69) is 0 Å². The van der Waals surface area contributed by atoms with Gasteiger partial charge in [-0.3, -0.25) is 0 Å². The molecule has 1 aromatic rings. The summed E-state index contributed by atoms with van der Waals surface area (Å²) in [4.78, 5) is 0. The molecular weight excluding hydrogens is 228 g/mol. The van der Waals surface area contributed by atoms with Gasteiger partial charge in [0.15, 0.2) is 11.6 Å². The van der Waals surface area contributed by atoms with Crippen molar-refractivity contribution >= 4 is 0 Å². The topological polar surface area (TPSA) is 32.7 Å². The van der Waals surface area contributed by atoms with Crippen molar-refractivity contribution in [1.29, 1.82) is 0 Å². The van der Waals surface area contributed by atoms with Crippen LogP contribution in [-0.2, 0) is 4.74 Å². The maximum absolute atomic E-state index is 13.1. The smallest absolute Gasteiger partial charge is 0.159 e. The van der Waals surface area contributed by atoms with Gasteiger partial charge in [-0.05, 0) is 31.5 Å². The molecule has 0 aliphatic carbocycles. The first-order valence-corrected chi connectivity index (χ1v) is 5.54. The molecule has 2 rings (SSSR count).